The minimum atomic E-state index is 0.511. The maximum Gasteiger partial charge on any atom is 0.125 e. The average Bonchev–Trinajstić information content (AvgIpc) is 2.16. The second-order valence-electron chi connectivity index (χ2n) is 3.09. The van der Waals surface area contributed by atoms with Crippen LogP contribution in [-0.2, 0) is 6.54 Å². The van der Waals surface area contributed by atoms with Crippen LogP contribution in [0.2, 0.25) is 0 Å². The van der Waals surface area contributed by atoms with E-state index in [4.69, 9.17) is 10.5 Å². The highest BCUT2D eigenvalue weighted by atomic mass is 16.5. The van der Waals surface area contributed by atoms with Crippen molar-refractivity contribution in [2.75, 3.05) is 26.1 Å². The second-order valence-corrected chi connectivity index (χ2v) is 3.09. The lowest BCUT2D eigenvalue weighted by molar-refractivity contribution is 0.410. The summed E-state index contributed by atoms with van der Waals surface area (Å²) in [6, 6.07) is 6.01. The van der Waals surface area contributed by atoms with Gasteiger partial charge in [0.2, 0.25) is 0 Å². The maximum atomic E-state index is 5.56. The molecule has 1 rings (SSSR count). The predicted octanol–water partition coefficient (Wildman–Crippen LogP) is 1.22. The summed E-state index contributed by atoms with van der Waals surface area (Å²) in [6.45, 7) is 0.511. The molecule has 0 spiro atoms. The fourth-order valence-electron chi connectivity index (χ4n) is 1.18. The third-order valence-electron chi connectivity index (χ3n) is 2.01. The third-order valence-corrected chi connectivity index (χ3v) is 2.01. The minimum absolute atomic E-state index is 0.511. The van der Waals surface area contributed by atoms with Crippen LogP contribution in [0.25, 0.3) is 0 Å². The lowest BCUT2D eigenvalue weighted by atomic mass is 10.2. The number of nitrogens with two attached hydrogens (primary N) is 1. The summed E-state index contributed by atoms with van der Waals surface area (Å²) in [7, 11) is 5.65. The molecule has 1 aromatic carbocycles. The van der Waals surface area contributed by atoms with Gasteiger partial charge in [0.05, 0.1) is 7.11 Å². The van der Waals surface area contributed by atoms with Crippen molar-refractivity contribution in [2.45, 2.75) is 6.54 Å². The number of anilines is 1. The van der Waals surface area contributed by atoms with Crippen LogP contribution in [0.15, 0.2) is 18.2 Å². The lowest BCUT2D eigenvalue weighted by Gasteiger charge is -2.15. The highest BCUT2D eigenvalue weighted by Gasteiger charge is 2.03. The summed E-state index contributed by atoms with van der Waals surface area (Å²) in [4.78, 5) is 2.03. The van der Waals surface area contributed by atoms with Gasteiger partial charge in [-0.05, 0) is 6.07 Å². The molecule has 0 atom stereocenters. The Balaban J connectivity index is 3.05. The van der Waals surface area contributed by atoms with E-state index in [1.54, 1.807) is 7.11 Å². The van der Waals surface area contributed by atoms with E-state index in [1.165, 1.54) is 0 Å². The summed E-state index contributed by atoms with van der Waals surface area (Å²) in [6.07, 6.45) is 0. The summed E-state index contributed by atoms with van der Waals surface area (Å²) >= 11 is 0. The van der Waals surface area contributed by atoms with E-state index in [-0.39, 0.29) is 0 Å². The van der Waals surface area contributed by atoms with Crippen LogP contribution >= 0.6 is 0 Å². The van der Waals surface area contributed by atoms with Crippen LogP contribution < -0.4 is 15.4 Å². The van der Waals surface area contributed by atoms with Gasteiger partial charge >= 0.3 is 0 Å². The average molecular weight is 180 g/mol. The Morgan fingerprint density at radius 3 is 2.54 bits per heavy atom. The van der Waals surface area contributed by atoms with Gasteiger partial charge < -0.3 is 15.4 Å². The lowest BCUT2D eigenvalue weighted by Crippen LogP contribution is -2.09. The van der Waals surface area contributed by atoms with Crippen molar-refractivity contribution in [3.63, 3.8) is 0 Å². The van der Waals surface area contributed by atoms with E-state index in [9.17, 15) is 0 Å². The van der Waals surface area contributed by atoms with E-state index in [0.717, 1.165) is 17.0 Å². The molecular weight excluding hydrogens is 164 g/mol. The van der Waals surface area contributed by atoms with Gasteiger partial charge in [0, 0.05) is 38.0 Å². The summed E-state index contributed by atoms with van der Waals surface area (Å²) in [5, 5.41) is 0. The molecule has 0 aromatic heterocycles. The molecular formula is C10H16N2O. The molecule has 0 radical (unpaired) electrons. The largest absolute Gasteiger partial charge is 0.496 e. The van der Waals surface area contributed by atoms with Crippen LogP contribution in [0.5, 0.6) is 5.75 Å². The number of rotatable bonds is 3. The molecule has 1 aromatic rings. The van der Waals surface area contributed by atoms with Gasteiger partial charge in [-0.15, -0.1) is 0 Å². The molecule has 3 heteroatoms. The monoisotopic (exact) mass is 180 g/mol. The third kappa shape index (κ3) is 2.12. The van der Waals surface area contributed by atoms with Crippen molar-refractivity contribution >= 4 is 5.69 Å². The number of nitrogens with zero attached hydrogens (tertiary/aromatic N) is 1. The van der Waals surface area contributed by atoms with Gasteiger partial charge in [-0.2, -0.15) is 0 Å². The highest BCUT2D eigenvalue weighted by Crippen LogP contribution is 2.23. The normalized spacial score (nSPS) is 9.85. The first kappa shape index (κ1) is 9.86. The summed E-state index contributed by atoms with van der Waals surface area (Å²) < 4.78 is 5.22. The fraction of sp³-hybridized carbons (Fsp3) is 0.400. The summed E-state index contributed by atoms with van der Waals surface area (Å²) in [5.41, 5.74) is 7.71. The van der Waals surface area contributed by atoms with Crippen molar-refractivity contribution in [3.05, 3.63) is 23.8 Å². The van der Waals surface area contributed by atoms with E-state index in [1.807, 2.05) is 37.2 Å². The maximum absolute atomic E-state index is 5.56. The molecule has 0 saturated heterocycles. The van der Waals surface area contributed by atoms with Gasteiger partial charge in [0.25, 0.3) is 0 Å². The highest BCUT2D eigenvalue weighted by molar-refractivity contribution is 5.52. The van der Waals surface area contributed by atoms with Crippen LogP contribution in [-0.4, -0.2) is 21.2 Å². The predicted molar refractivity (Wildman–Crippen MR) is 55.2 cm³/mol. The van der Waals surface area contributed by atoms with Crippen molar-refractivity contribution in [1.29, 1.82) is 0 Å². The van der Waals surface area contributed by atoms with Crippen molar-refractivity contribution in [3.8, 4) is 5.75 Å². The molecule has 0 aliphatic carbocycles. The van der Waals surface area contributed by atoms with Crippen LogP contribution in [0.4, 0.5) is 5.69 Å². The van der Waals surface area contributed by atoms with E-state index in [0.29, 0.717) is 6.54 Å². The molecule has 2 N–H and O–H groups in total. The van der Waals surface area contributed by atoms with Crippen molar-refractivity contribution in [2.24, 2.45) is 5.73 Å². The smallest absolute Gasteiger partial charge is 0.125 e. The van der Waals surface area contributed by atoms with E-state index >= 15 is 0 Å². The number of hydrogen-bond acceptors (Lipinski definition) is 3. The molecule has 3 nitrogen and oxygen atoms in total. The fourth-order valence-corrected chi connectivity index (χ4v) is 1.18. The topological polar surface area (TPSA) is 38.5 Å². The van der Waals surface area contributed by atoms with Crippen LogP contribution in [0.1, 0.15) is 5.56 Å². The molecule has 0 aliphatic rings. The van der Waals surface area contributed by atoms with Gasteiger partial charge in [-0.3, -0.25) is 0 Å². The first-order chi connectivity index (χ1) is 6.19. The molecule has 0 fully saturated rings. The molecule has 13 heavy (non-hydrogen) atoms. The first-order valence-corrected chi connectivity index (χ1v) is 4.23. The Kier molecular flexibility index (Phi) is 3.14. The zero-order valence-corrected chi connectivity index (χ0v) is 8.37. The molecule has 0 heterocycles. The Bertz CT molecular complexity index is 284. The molecule has 0 amide bonds. The Hall–Kier alpha value is -1.22. The number of methoxy groups -OCH3 is 1. The molecule has 0 aliphatic heterocycles. The number of benzene rings is 1. The van der Waals surface area contributed by atoms with Gasteiger partial charge in [0.15, 0.2) is 0 Å². The second kappa shape index (κ2) is 4.14. The number of hydrogen-bond donors (Lipinski definition) is 1. The molecule has 72 valence electrons. The zero-order valence-electron chi connectivity index (χ0n) is 8.37. The summed E-state index contributed by atoms with van der Waals surface area (Å²) in [5.74, 6) is 0.855. The molecule has 0 saturated carbocycles. The van der Waals surface area contributed by atoms with Crippen molar-refractivity contribution in [1.82, 2.24) is 0 Å². The van der Waals surface area contributed by atoms with Crippen LogP contribution in [0.3, 0.4) is 0 Å². The van der Waals surface area contributed by atoms with E-state index in [2.05, 4.69) is 0 Å². The zero-order chi connectivity index (χ0) is 9.84. The SMILES string of the molecule is COc1cc(N(C)C)ccc1CN. The Labute approximate surface area is 79.1 Å². The number of ether oxygens (including phenoxy) is 1. The molecule has 0 bridgehead atoms. The quantitative estimate of drug-likeness (QED) is 0.760. The van der Waals surface area contributed by atoms with E-state index < -0.39 is 0 Å². The Morgan fingerprint density at radius 2 is 2.08 bits per heavy atom. The van der Waals surface area contributed by atoms with Crippen molar-refractivity contribution < 1.29 is 4.74 Å². The van der Waals surface area contributed by atoms with Gasteiger partial charge in [-0.1, -0.05) is 6.07 Å². The first-order valence-electron chi connectivity index (χ1n) is 4.23. The van der Waals surface area contributed by atoms with Gasteiger partial charge in [0.1, 0.15) is 5.75 Å². The van der Waals surface area contributed by atoms with Crippen LogP contribution in [0, 0.1) is 0 Å². The minimum Gasteiger partial charge on any atom is -0.496 e. The molecule has 0 unspecified atom stereocenters. The Morgan fingerprint density at radius 1 is 1.38 bits per heavy atom. The standard InChI is InChI=1S/C10H16N2O/c1-12(2)9-5-4-8(7-11)10(6-9)13-3/h4-6H,7,11H2,1-3H3. The van der Waals surface area contributed by atoms with Gasteiger partial charge in [-0.25, -0.2) is 0 Å².